The zero-order valence-corrected chi connectivity index (χ0v) is 9.78. The fourth-order valence-electron chi connectivity index (χ4n) is 2.19. The van der Waals surface area contributed by atoms with E-state index in [-0.39, 0.29) is 0 Å². The van der Waals surface area contributed by atoms with Crippen LogP contribution in [0, 0.1) is 0 Å². The molecule has 0 saturated carbocycles. The first-order chi connectivity index (χ1) is 8.27. The van der Waals surface area contributed by atoms with Crippen LogP contribution in [0.25, 0.3) is 0 Å². The van der Waals surface area contributed by atoms with E-state index in [2.05, 4.69) is 10.6 Å². The minimum Gasteiger partial charge on any atom is -0.478 e. The molecular formula is C13H18N2O2. The third-order valence-electron chi connectivity index (χ3n) is 3.14. The van der Waals surface area contributed by atoms with Gasteiger partial charge in [-0.1, -0.05) is 18.2 Å². The van der Waals surface area contributed by atoms with Gasteiger partial charge in [0.25, 0.3) is 0 Å². The second-order valence-corrected chi connectivity index (χ2v) is 4.36. The first-order valence-corrected chi connectivity index (χ1v) is 6.02. The molecular weight excluding hydrogens is 216 g/mol. The molecule has 0 aliphatic carbocycles. The summed E-state index contributed by atoms with van der Waals surface area (Å²) in [6.45, 7) is 2.97. The Morgan fingerprint density at radius 1 is 1.35 bits per heavy atom. The van der Waals surface area contributed by atoms with Crippen molar-refractivity contribution in [2.24, 2.45) is 0 Å². The number of hydrogen-bond donors (Lipinski definition) is 3. The number of aryl methyl sites for hydroxylation is 1. The molecule has 1 heterocycles. The summed E-state index contributed by atoms with van der Waals surface area (Å²) in [6, 6.07) is 7.69. The van der Waals surface area contributed by atoms with Gasteiger partial charge in [-0.25, -0.2) is 4.79 Å². The van der Waals surface area contributed by atoms with Gasteiger partial charge >= 0.3 is 5.97 Å². The predicted octanol–water partition coefficient (Wildman–Crippen LogP) is 0.879. The predicted molar refractivity (Wildman–Crippen MR) is 66.4 cm³/mol. The highest BCUT2D eigenvalue weighted by atomic mass is 16.4. The van der Waals surface area contributed by atoms with Crippen molar-refractivity contribution in [3.05, 3.63) is 35.4 Å². The van der Waals surface area contributed by atoms with Crippen molar-refractivity contribution in [1.82, 2.24) is 10.6 Å². The first-order valence-electron chi connectivity index (χ1n) is 6.02. The summed E-state index contributed by atoms with van der Waals surface area (Å²) in [5.41, 5.74) is 1.35. The number of carbonyl (C=O) groups is 1. The Balaban J connectivity index is 1.96. The molecule has 0 bridgehead atoms. The monoisotopic (exact) mass is 234 g/mol. The molecule has 1 unspecified atom stereocenters. The van der Waals surface area contributed by atoms with Crippen LogP contribution < -0.4 is 10.6 Å². The lowest BCUT2D eigenvalue weighted by atomic mass is 9.99. The Morgan fingerprint density at radius 3 is 2.88 bits per heavy atom. The second kappa shape index (κ2) is 5.80. The highest BCUT2D eigenvalue weighted by Crippen LogP contribution is 2.12. The molecule has 17 heavy (non-hydrogen) atoms. The van der Waals surface area contributed by atoms with Crippen molar-refractivity contribution in [1.29, 1.82) is 0 Å². The van der Waals surface area contributed by atoms with Crippen LogP contribution in [0.2, 0.25) is 0 Å². The third kappa shape index (κ3) is 3.28. The number of aromatic carboxylic acids is 1. The van der Waals surface area contributed by atoms with E-state index in [4.69, 9.17) is 5.11 Å². The van der Waals surface area contributed by atoms with Crippen molar-refractivity contribution in [2.75, 3.05) is 19.6 Å². The van der Waals surface area contributed by atoms with Gasteiger partial charge in [0.05, 0.1) is 5.56 Å². The van der Waals surface area contributed by atoms with Crippen LogP contribution in [0.1, 0.15) is 22.3 Å². The first kappa shape index (κ1) is 12.1. The van der Waals surface area contributed by atoms with Gasteiger partial charge in [-0.15, -0.1) is 0 Å². The fraction of sp³-hybridized carbons (Fsp3) is 0.462. The Labute approximate surface area is 101 Å². The maximum absolute atomic E-state index is 11.0. The number of hydrogen-bond acceptors (Lipinski definition) is 3. The summed E-state index contributed by atoms with van der Waals surface area (Å²) in [7, 11) is 0. The lowest BCUT2D eigenvalue weighted by Crippen LogP contribution is -2.48. The normalized spacial score (nSPS) is 20.1. The van der Waals surface area contributed by atoms with E-state index in [0.29, 0.717) is 11.6 Å². The lowest BCUT2D eigenvalue weighted by molar-refractivity contribution is 0.0695. The number of rotatable bonds is 4. The van der Waals surface area contributed by atoms with Crippen molar-refractivity contribution < 1.29 is 9.90 Å². The summed E-state index contributed by atoms with van der Waals surface area (Å²) in [4.78, 5) is 11.0. The molecule has 4 heteroatoms. The average molecular weight is 234 g/mol. The van der Waals surface area contributed by atoms with E-state index in [0.717, 1.165) is 38.0 Å². The highest BCUT2D eigenvalue weighted by molar-refractivity contribution is 5.89. The smallest absolute Gasteiger partial charge is 0.335 e. The van der Waals surface area contributed by atoms with Crippen LogP contribution in [0.4, 0.5) is 0 Å². The van der Waals surface area contributed by atoms with Gasteiger partial charge in [-0.3, -0.25) is 0 Å². The number of piperazine rings is 1. The van der Waals surface area contributed by atoms with E-state index in [9.17, 15) is 4.79 Å². The number of carboxylic acids is 1. The van der Waals surface area contributed by atoms with E-state index >= 15 is 0 Å². The van der Waals surface area contributed by atoms with Crippen LogP contribution in [0.3, 0.4) is 0 Å². The summed E-state index contributed by atoms with van der Waals surface area (Å²) in [5, 5.41) is 15.8. The zero-order valence-electron chi connectivity index (χ0n) is 9.78. The molecule has 92 valence electrons. The molecule has 1 aromatic rings. The van der Waals surface area contributed by atoms with Gasteiger partial charge in [0.15, 0.2) is 0 Å². The number of benzene rings is 1. The maximum atomic E-state index is 11.0. The lowest BCUT2D eigenvalue weighted by Gasteiger charge is -2.24. The van der Waals surface area contributed by atoms with Crippen LogP contribution >= 0.6 is 0 Å². The Kier molecular flexibility index (Phi) is 4.12. The number of carboxylic acid groups (broad SMARTS) is 1. The molecule has 1 aliphatic rings. The van der Waals surface area contributed by atoms with Gasteiger partial charge in [-0.05, 0) is 24.5 Å². The second-order valence-electron chi connectivity index (χ2n) is 4.36. The summed E-state index contributed by atoms with van der Waals surface area (Å²) >= 11 is 0. The quantitative estimate of drug-likeness (QED) is 0.723. The summed E-state index contributed by atoms with van der Waals surface area (Å²) < 4.78 is 0. The molecule has 0 aromatic heterocycles. The molecule has 2 rings (SSSR count). The van der Waals surface area contributed by atoms with Gasteiger partial charge < -0.3 is 15.7 Å². The summed E-state index contributed by atoms with van der Waals surface area (Å²) in [5.74, 6) is -0.838. The van der Waals surface area contributed by atoms with E-state index in [1.807, 2.05) is 12.1 Å². The molecule has 1 saturated heterocycles. The van der Waals surface area contributed by atoms with Gasteiger partial charge in [-0.2, -0.15) is 0 Å². The molecule has 1 aromatic carbocycles. The molecule has 0 amide bonds. The molecule has 1 fully saturated rings. The molecule has 1 atom stereocenters. The van der Waals surface area contributed by atoms with Gasteiger partial charge in [0.2, 0.25) is 0 Å². The van der Waals surface area contributed by atoms with Crippen molar-refractivity contribution >= 4 is 5.97 Å². The maximum Gasteiger partial charge on any atom is 0.335 e. The van der Waals surface area contributed by atoms with Gasteiger partial charge in [0.1, 0.15) is 0 Å². The van der Waals surface area contributed by atoms with Gasteiger partial charge in [0, 0.05) is 25.7 Å². The molecule has 0 radical (unpaired) electrons. The zero-order chi connectivity index (χ0) is 12.1. The Morgan fingerprint density at radius 2 is 2.18 bits per heavy atom. The topological polar surface area (TPSA) is 61.4 Å². The largest absolute Gasteiger partial charge is 0.478 e. The molecule has 4 nitrogen and oxygen atoms in total. The number of nitrogens with one attached hydrogen (secondary N) is 2. The molecule has 3 N–H and O–H groups in total. The van der Waals surface area contributed by atoms with Crippen molar-refractivity contribution in [3.8, 4) is 0 Å². The minimum atomic E-state index is -0.838. The van der Waals surface area contributed by atoms with E-state index in [1.54, 1.807) is 12.1 Å². The molecule has 0 spiro atoms. The molecule has 1 aliphatic heterocycles. The average Bonchev–Trinajstić information content (AvgIpc) is 2.38. The van der Waals surface area contributed by atoms with Crippen molar-refractivity contribution in [3.63, 3.8) is 0 Å². The van der Waals surface area contributed by atoms with Crippen molar-refractivity contribution in [2.45, 2.75) is 18.9 Å². The fourth-order valence-corrected chi connectivity index (χ4v) is 2.19. The Bertz CT molecular complexity index is 387. The highest BCUT2D eigenvalue weighted by Gasteiger charge is 2.14. The summed E-state index contributed by atoms with van der Waals surface area (Å²) in [6.07, 6.45) is 1.78. The van der Waals surface area contributed by atoms with E-state index < -0.39 is 5.97 Å². The van der Waals surface area contributed by atoms with Crippen LogP contribution in [-0.4, -0.2) is 36.8 Å². The van der Waals surface area contributed by atoms with Crippen LogP contribution in [0.15, 0.2) is 24.3 Å². The Hall–Kier alpha value is -1.39. The van der Waals surface area contributed by atoms with Crippen LogP contribution in [0.5, 0.6) is 0 Å². The SMILES string of the molecule is O=C(O)c1ccccc1CCC1CNCCN1. The van der Waals surface area contributed by atoms with E-state index in [1.165, 1.54) is 0 Å². The standard InChI is InChI=1S/C13H18N2O2/c16-13(17)12-4-2-1-3-10(12)5-6-11-9-14-7-8-15-11/h1-4,11,14-15H,5-9H2,(H,16,17). The minimum absolute atomic E-state index is 0.427. The third-order valence-corrected chi connectivity index (χ3v) is 3.14. The van der Waals surface area contributed by atoms with Crippen LogP contribution in [-0.2, 0) is 6.42 Å².